The van der Waals surface area contributed by atoms with Crippen molar-refractivity contribution < 1.29 is 19.7 Å². The van der Waals surface area contributed by atoms with Gasteiger partial charge in [0.1, 0.15) is 11.5 Å². The number of aliphatic hydroxyl groups excluding tert-OH is 2. The lowest BCUT2D eigenvalue weighted by atomic mass is 10.1. The van der Waals surface area contributed by atoms with Crippen molar-refractivity contribution in [3.05, 3.63) is 129 Å². The van der Waals surface area contributed by atoms with Crippen LogP contribution >= 0.6 is 23.2 Å². The van der Waals surface area contributed by atoms with E-state index in [0.717, 1.165) is 41.9 Å². The van der Waals surface area contributed by atoms with Crippen LogP contribution in [-0.2, 0) is 12.8 Å². The first-order chi connectivity index (χ1) is 21.7. The van der Waals surface area contributed by atoms with Crippen molar-refractivity contribution in [3.63, 3.8) is 0 Å². The average Bonchev–Trinajstić information content (AvgIpc) is 3.04. The van der Waals surface area contributed by atoms with Crippen molar-refractivity contribution in [1.29, 1.82) is 0 Å². The summed E-state index contributed by atoms with van der Waals surface area (Å²) in [6.45, 7) is 6.28. The molecule has 0 amide bonds. The molecule has 240 valence electrons. The highest BCUT2D eigenvalue weighted by molar-refractivity contribution is 6.30. The molecule has 0 saturated heterocycles. The fourth-order valence-corrected chi connectivity index (χ4v) is 5.42. The maximum atomic E-state index is 10.4. The van der Waals surface area contributed by atoms with Gasteiger partial charge in [0.15, 0.2) is 0 Å². The van der Waals surface area contributed by atoms with Crippen LogP contribution in [0.4, 0.5) is 0 Å². The molecule has 0 radical (unpaired) electrons. The molecule has 4 aromatic rings. The summed E-state index contributed by atoms with van der Waals surface area (Å²) in [7, 11) is 0. The lowest BCUT2D eigenvalue weighted by molar-refractivity contribution is 0.170. The summed E-state index contributed by atoms with van der Waals surface area (Å²) >= 11 is 12.1. The minimum Gasteiger partial charge on any atom is -0.493 e. The van der Waals surface area contributed by atoms with Crippen LogP contribution in [0.1, 0.15) is 54.7 Å². The monoisotopic (exact) mass is 650 g/mol. The number of benzene rings is 4. The van der Waals surface area contributed by atoms with Gasteiger partial charge in [-0.3, -0.25) is 0 Å². The molecular weight excluding hydrogens is 607 g/mol. The summed E-state index contributed by atoms with van der Waals surface area (Å²) in [6, 6.07) is 31.4. The molecule has 8 heteroatoms. The zero-order valence-electron chi connectivity index (χ0n) is 26.0. The number of nitrogens with one attached hydrogen (secondary N) is 2. The molecule has 0 heterocycles. The van der Waals surface area contributed by atoms with E-state index in [1.165, 1.54) is 11.1 Å². The van der Waals surface area contributed by atoms with Gasteiger partial charge < -0.3 is 30.3 Å². The summed E-state index contributed by atoms with van der Waals surface area (Å²) in [5.41, 5.74) is 4.02. The third-order valence-corrected chi connectivity index (χ3v) is 8.01. The van der Waals surface area contributed by atoms with Crippen LogP contribution in [0.2, 0.25) is 10.0 Å². The molecular formula is C37H44Cl2N2O4. The van der Waals surface area contributed by atoms with Gasteiger partial charge in [-0.25, -0.2) is 0 Å². The standard InChI is InChI=1S/C37H44Cl2N2O4/c1-26(40-24-36(42)30-6-3-8-32(38)22-30)20-28-10-14-34(15-11-28)44-18-5-19-45-35-16-12-29(13-17-35)21-27(2)41-25-37(43)31-7-4-9-33(39)23-31/h3-4,6-17,22-23,26-27,36-37,40-43H,5,18-21,24-25H2,1-2H3/t26-,27-,36+,37+/m1/s1. The van der Waals surface area contributed by atoms with E-state index in [-0.39, 0.29) is 12.1 Å². The Bertz CT molecular complexity index is 1330. The SMILES string of the molecule is C[C@H](Cc1ccc(OCCCOc2ccc(C[C@@H](C)NC[C@H](O)c3cccc(Cl)c3)cc2)cc1)NC[C@H](O)c1cccc(Cl)c1. The summed E-state index contributed by atoms with van der Waals surface area (Å²) in [5.74, 6) is 1.67. The second kappa shape index (κ2) is 18.1. The molecule has 0 spiro atoms. The summed E-state index contributed by atoms with van der Waals surface area (Å²) in [6.07, 6.45) is 1.26. The van der Waals surface area contributed by atoms with Gasteiger partial charge in [0.05, 0.1) is 25.4 Å². The Morgan fingerprint density at radius 3 is 1.38 bits per heavy atom. The number of halogens is 2. The van der Waals surface area contributed by atoms with Gasteiger partial charge >= 0.3 is 0 Å². The fraction of sp³-hybridized carbons (Fsp3) is 0.351. The average molecular weight is 652 g/mol. The maximum absolute atomic E-state index is 10.4. The number of hydrogen-bond donors (Lipinski definition) is 4. The van der Waals surface area contributed by atoms with Crippen LogP contribution in [-0.4, -0.2) is 48.6 Å². The molecule has 4 aromatic carbocycles. The molecule has 0 unspecified atom stereocenters. The Labute approximate surface area is 277 Å². The molecule has 4 N–H and O–H groups in total. The molecule has 0 aliphatic heterocycles. The van der Waals surface area contributed by atoms with Crippen LogP contribution in [0.25, 0.3) is 0 Å². The molecule has 0 aliphatic carbocycles. The van der Waals surface area contributed by atoms with Crippen LogP contribution in [0.15, 0.2) is 97.1 Å². The summed E-state index contributed by atoms with van der Waals surface area (Å²) in [4.78, 5) is 0. The smallest absolute Gasteiger partial charge is 0.119 e. The second-order valence-electron chi connectivity index (χ2n) is 11.5. The molecule has 0 bridgehead atoms. The Balaban J connectivity index is 1.07. The highest BCUT2D eigenvalue weighted by atomic mass is 35.5. The molecule has 0 fully saturated rings. The Hall–Kier alpha value is -3.10. The topological polar surface area (TPSA) is 83.0 Å². The Morgan fingerprint density at radius 1 is 0.600 bits per heavy atom. The van der Waals surface area contributed by atoms with E-state index in [2.05, 4.69) is 48.7 Å². The highest BCUT2D eigenvalue weighted by Crippen LogP contribution is 2.20. The third kappa shape index (κ3) is 12.3. The van der Waals surface area contributed by atoms with Gasteiger partial charge in [-0.1, -0.05) is 71.7 Å². The predicted octanol–water partition coefficient (Wildman–Crippen LogP) is 7.35. The molecule has 0 aliphatic rings. The largest absolute Gasteiger partial charge is 0.493 e. The van der Waals surface area contributed by atoms with Gasteiger partial charge in [-0.15, -0.1) is 0 Å². The van der Waals surface area contributed by atoms with E-state index in [1.807, 2.05) is 48.5 Å². The zero-order chi connectivity index (χ0) is 32.0. The van der Waals surface area contributed by atoms with E-state index < -0.39 is 12.2 Å². The van der Waals surface area contributed by atoms with Crippen LogP contribution < -0.4 is 20.1 Å². The van der Waals surface area contributed by atoms with Crippen molar-refractivity contribution in [1.82, 2.24) is 10.6 Å². The van der Waals surface area contributed by atoms with Crippen molar-refractivity contribution in [3.8, 4) is 11.5 Å². The van der Waals surface area contributed by atoms with Crippen LogP contribution in [0, 0.1) is 0 Å². The second-order valence-corrected chi connectivity index (χ2v) is 12.4. The summed E-state index contributed by atoms with van der Waals surface area (Å²) < 4.78 is 11.8. The molecule has 0 aromatic heterocycles. The first-order valence-corrected chi connectivity index (χ1v) is 16.3. The van der Waals surface area contributed by atoms with E-state index in [9.17, 15) is 10.2 Å². The minimum atomic E-state index is -0.602. The van der Waals surface area contributed by atoms with Crippen molar-refractivity contribution >= 4 is 23.2 Å². The number of aliphatic hydroxyl groups is 2. The molecule has 4 rings (SSSR count). The lowest BCUT2D eigenvalue weighted by Crippen LogP contribution is -2.32. The number of rotatable bonds is 18. The van der Waals surface area contributed by atoms with Gasteiger partial charge in [-0.05, 0) is 97.5 Å². The predicted molar refractivity (Wildman–Crippen MR) is 184 cm³/mol. The van der Waals surface area contributed by atoms with Gasteiger partial charge in [0, 0.05) is 41.6 Å². The molecule has 45 heavy (non-hydrogen) atoms. The molecule has 6 nitrogen and oxygen atoms in total. The van der Waals surface area contributed by atoms with Crippen molar-refractivity contribution in [2.75, 3.05) is 26.3 Å². The highest BCUT2D eigenvalue weighted by Gasteiger charge is 2.12. The lowest BCUT2D eigenvalue weighted by Gasteiger charge is -2.18. The van der Waals surface area contributed by atoms with Crippen LogP contribution in [0.5, 0.6) is 11.5 Å². The van der Waals surface area contributed by atoms with Crippen molar-refractivity contribution in [2.24, 2.45) is 0 Å². The van der Waals surface area contributed by atoms with Crippen molar-refractivity contribution in [2.45, 2.75) is 57.4 Å². The third-order valence-electron chi connectivity index (χ3n) is 7.54. The van der Waals surface area contributed by atoms with E-state index in [4.69, 9.17) is 32.7 Å². The Kier molecular flexibility index (Phi) is 14.0. The first kappa shape index (κ1) is 34.8. The van der Waals surface area contributed by atoms with E-state index >= 15 is 0 Å². The number of ether oxygens (including phenoxy) is 2. The van der Waals surface area contributed by atoms with Gasteiger partial charge in [0.2, 0.25) is 0 Å². The van der Waals surface area contributed by atoms with Gasteiger partial charge in [0.25, 0.3) is 0 Å². The molecule has 0 saturated carbocycles. The maximum Gasteiger partial charge on any atom is 0.119 e. The Morgan fingerprint density at radius 2 is 1.00 bits per heavy atom. The molecule has 4 atom stereocenters. The quantitative estimate of drug-likeness (QED) is 0.0843. The van der Waals surface area contributed by atoms with E-state index in [0.29, 0.717) is 36.3 Å². The zero-order valence-corrected chi connectivity index (χ0v) is 27.5. The minimum absolute atomic E-state index is 0.205. The van der Waals surface area contributed by atoms with E-state index in [1.54, 1.807) is 24.3 Å². The normalized spacial score (nSPS) is 14.0. The summed E-state index contributed by atoms with van der Waals surface area (Å²) in [5, 5.41) is 28.9. The van der Waals surface area contributed by atoms with Gasteiger partial charge in [-0.2, -0.15) is 0 Å². The fourth-order valence-electron chi connectivity index (χ4n) is 5.02. The first-order valence-electron chi connectivity index (χ1n) is 15.5. The number of hydrogen-bond acceptors (Lipinski definition) is 6. The van der Waals surface area contributed by atoms with Crippen LogP contribution in [0.3, 0.4) is 0 Å².